The van der Waals surface area contributed by atoms with Crippen molar-refractivity contribution in [3.63, 3.8) is 0 Å². The number of carbonyl (C=O) groups is 5. The van der Waals surface area contributed by atoms with Gasteiger partial charge in [-0.3, -0.25) is 28.7 Å². The minimum atomic E-state index is -5.03. The van der Waals surface area contributed by atoms with Crippen molar-refractivity contribution in [2.24, 2.45) is 11.3 Å². The number of nitrogens with one attached hydrogen (secondary N) is 3. The Balaban J connectivity index is 1.45. The molecule has 0 aromatic rings. The van der Waals surface area contributed by atoms with Gasteiger partial charge >= 0.3 is 18.2 Å². The Morgan fingerprint density at radius 2 is 1.88 bits per heavy atom. The molecule has 3 atom stereocenters. The Kier molecular flexibility index (Phi) is 6.58. The van der Waals surface area contributed by atoms with E-state index in [1.165, 1.54) is 4.90 Å². The molecule has 2 aliphatic carbocycles. The second-order valence-corrected chi connectivity index (χ2v) is 9.67. The van der Waals surface area contributed by atoms with E-state index in [1.807, 2.05) is 0 Å². The van der Waals surface area contributed by atoms with E-state index in [0.717, 1.165) is 25.7 Å². The van der Waals surface area contributed by atoms with Gasteiger partial charge in [-0.2, -0.15) is 0 Å². The summed E-state index contributed by atoms with van der Waals surface area (Å²) >= 11 is 0. The monoisotopic (exact) mass is 488 g/mol. The van der Waals surface area contributed by atoms with Crippen molar-refractivity contribution in [3.8, 4) is 0 Å². The van der Waals surface area contributed by atoms with Crippen LogP contribution in [0.5, 0.6) is 0 Å². The zero-order valence-corrected chi connectivity index (χ0v) is 18.4. The molecule has 1 spiro atoms. The Morgan fingerprint density at radius 1 is 1.18 bits per heavy atom. The molecule has 0 radical (unpaired) electrons. The summed E-state index contributed by atoms with van der Waals surface area (Å²) in [5, 5.41) is 7.62. The Hall–Kier alpha value is -2.70. The highest BCUT2D eigenvalue weighted by Gasteiger charge is 2.56. The van der Waals surface area contributed by atoms with Crippen LogP contribution in [-0.4, -0.2) is 78.5 Å². The van der Waals surface area contributed by atoms with Gasteiger partial charge in [-0.25, -0.2) is 0 Å². The molecule has 3 N–H and O–H groups in total. The lowest BCUT2D eigenvalue weighted by Crippen LogP contribution is -2.54. The fraction of sp³-hybridized carbons (Fsp3) is 0.762. The van der Waals surface area contributed by atoms with Gasteiger partial charge in [0.15, 0.2) is 5.78 Å². The molecule has 2 heterocycles. The molecule has 2 saturated carbocycles. The number of alkyl halides is 3. The van der Waals surface area contributed by atoms with Crippen LogP contribution in [0.3, 0.4) is 0 Å². The molecule has 13 heteroatoms. The van der Waals surface area contributed by atoms with Crippen molar-refractivity contribution in [3.05, 3.63) is 0 Å². The first-order valence-corrected chi connectivity index (χ1v) is 11.4. The average molecular weight is 488 g/mol. The van der Waals surface area contributed by atoms with Crippen LogP contribution in [0.4, 0.5) is 13.2 Å². The van der Waals surface area contributed by atoms with E-state index in [-0.39, 0.29) is 30.3 Å². The van der Waals surface area contributed by atoms with Crippen LogP contribution >= 0.6 is 0 Å². The highest BCUT2D eigenvalue weighted by atomic mass is 19.4. The molecule has 0 aromatic carbocycles. The van der Waals surface area contributed by atoms with Crippen molar-refractivity contribution in [1.29, 1.82) is 0 Å². The summed E-state index contributed by atoms with van der Waals surface area (Å²) in [6, 6.07) is -2.48. The molecule has 4 rings (SSSR count). The Labute approximate surface area is 193 Å². The van der Waals surface area contributed by atoms with Crippen molar-refractivity contribution < 1.29 is 41.9 Å². The number of rotatable bonds is 8. The van der Waals surface area contributed by atoms with E-state index in [9.17, 15) is 37.1 Å². The number of ether oxygens (including phenoxy) is 1. The summed E-state index contributed by atoms with van der Waals surface area (Å²) in [6.45, 7) is -0.729. The minimum absolute atomic E-state index is 0.0468. The van der Waals surface area contributed by atoms with Gasteiger partial charge in [0.1, 0.15) is 12.6 Å². The Bertz CT molecular complexity index is 886. The van der Waals surface area contributed by atoms with Gasteiger partial charge in [0, 0.05) is 25.0 Å². The van der Waals surface area contributed by atoms with Gasteiger partial charge in [-0.1, -0.05) is 0 Å². The maximum Gasteiger partial charge on any atom is 0.522 e. The van der Waals surface area contributed by atoms with Gasteiger partial charge in [0.25, 0.3) is 0 Å². The number of hydrogen-bond donors (Lipinski definition) is 3. The fourth-order valence-electron chi connectivity index (χ4n) is 4.60. The molecule has 34 heavy (non-hydrogen) atoms. The predicted octanol–water partition coefficient (Wildman–Crippen LogP) is -0.237. The molecule has 4 amide bonds. The van der Waals surface area contributed by atoms with Crippen LogP contribution in [-0.2, 0) is 28.7 Å². The lowest BCUT2D eigenvalue weighted by Gasteiger charge is -2.26. The number of hydrogen-bond acceptors (Lipinski definition) is 6. The highest BCUT2D eigenvalue weighted by Crippen LogP contribution is 2.54. The number of ketones is 1. The van der Waals surface area contributed by atoms with E-state index < -0.39 is 54.5 Å². The van der Waals surface area contributed by atoms with Gasteiger partial charge < -0.3 is 20.9 Å². The smallest absolute Gasteiger partial charge is 0.356 e. The van der Waals surface area contributed by atoms with E-state index >= 15 is 0 Å². The first-order valence-electron chi connectivity index (χ1n) is 11.4. The maximum absolute atomic E-state index is 13.2. The van der Waals surface area contributed by atoms with Crippen LogP contribution < -0.4 is 16.0 Å². The normalized spacial score (nSPS) is 26.2. The van der Waals surface area contributed by atoms with Crippen molar-refractivity contribution in [2.45, 2.75) is 69.4 Å². The summed E-state index contributed by atoms with van der Waals surface area (Å²) in [4.78, 5) is 63.9. The van der Waals surface area contributed by atoms with Crippen LogP contribution in [0, 0.1) is 11.3 Å². The topological polar surface area (TPSA) is 134 Å². The van der Waals surface area contributed by atoms with Crippen molar-refractivity contribution in [2.75, 3.05) is 19.7 Å². The van der Waals surface area contributed by atoms with Crippen LogP contribution in [0.1, 0.15) is 44.9 Å². The van der Waals surface area contributed by atoms with Crippen LogP contribution in [0.15, 0.2) is 0 Å². The first-order chi connectivity index (χ1) is 16.0. The quantitative estimate of drug-likeness (QED) is 0.404. The van der Waals surface area contributed by atoms with Crippen LogP contribution in [0.25, 0.3) is 0 Å². The van der Waals surface area contributed by atoms with Crippen molar-refractivity contribution in [1.82, 2.24) is 20.9 Å². The summed E-state index contributed by atoms with van der Waals surface area (Å²) in [5.74, 6) is -4.41. The standard InChI is InChI=1S/C21H27F3N4O6/c22-21(23,24)34-9-15(29)13(7-11-3-6-25-16(11)30)27-17(31)14-8-20(4-5-20)10-28(14)19(33)18(32)26-12-1-2-12/h11-14H,1-10H2,(H,25,30)(H,26,32)(H,27,31)/t11-,13-,14-/m0/s1. The molecule has 4 fully saturated rings. The summed E-state index contributed by atoms with van der Waals surface area (Å²) < 4.78 is 41.0. The van der Waals surface area contributed by atoms with Crippen molar-refractivity contribution >= 4 is 29.4 Å². The largest absolute Gasteiger partial charge is 0.522 e. The lowest BCUT2D eigenvalue weighted by molar-refractivity contribution is -0.321. The second-order valence-electron chi connectivity index (χ2n) is 9.67. The molecular weight excluding hydrogens is 461 g/mol. The lowest BCUT2D eigenvalue weighted by atomic mass is 9.95. The number of Topliss-reactive ketones (excluding diaryl/α,β-unsaturated/α-hetero) is 1. The molecule has 0 aromatic heterocycles. The molecule has 2 saturated heterocycles. The number of likely N-dealkylation sites (tertiary alicyclic amines) is 1. The molecule has 188 valence electrons. The Morgan fingerprint density at radius 3 is 2.44 bits per heavy atom. The van der Waals surface area contributed by atoms with Gasteiger partial charge in [0.05, 0.1) is 6.04 Å². The van der Waals surface area contributed by atoms with E-state index in [4.69, 9.17) is 0 Å². The zero-order valence-electron chi connectivity index (χ0n) is 18.4. The summed E-state index contributed by atoms with van der Waals surface area (Å²) in [5.41, 5.74) is -0.262. The summed E-state index contributed by atoms with van der Waals surface area (Å²) in [7, 11) is 0. The third-order valence-corrected chi connectivity index (χ3v) is 6.90. The molecular formula is C21H27F3N4O6. The molecule has 0 bridgehead atoms. The molecule has 4 aliphatic rings. The number of carbonyl (C=O) groups excluding carboxylic acids is 5. The fourth-order valence-corrected chi connectivity index (χ4v) is 4.60. The second kappa shape index (κ2) is 9.16. The highest BCUT2D eigenvalue weighted by molar-refractivity contribution is 6.35. The van der Waals surface area contributed by atoms with E-state index in [0.29, 0.717) is 19.4 Å². The first kappa shape index (κ1) is 24.4. The predicted molar refractivity (Wildman–Crippen MR) is 108 cm³/mol. The average Bonchev–Trinajstić information content (AvgIpc) is 3.65. The SMILES string of the molecule is O=C(NC1CC1)C(=O)N1CC2(CC2)C[C@H]1C(=O)N[C@@H](C[C@@H]1CCNC1=O)C(=O)COC(F)(F)F. The summed E-state index contributed by atoms with van der Waals surface area (Å²) in [6.07, 6.45) is -1.41. The van der Waals surface area contributed by atoms with Gasteiger partial charge in [0.2, 0.25) is 11.8 Å². The number of amides is 4. The third-order valence-electron chi connectivity index (χ3n) is 6.90. The minimum Gasteiger partial charge on any atom is -0.356 e. The third kappa shape index (κ3) is 5.86. The molecule has 0 unspecified atom stereocenters. The maximum atomic E-state index is 13.2. The number of halogens is 3. The van der Waals surface area contributed by atoms with E-state index in [2.05, 4.69) is 20.7 Å². The number of nitrogens with zero attached hydrogens (tertiary/aromatic N) is 1. The van der Waals surface area contributed by atoms with Gasteiger partial charge in [-0.05, 0) is 50.4 Å². The van der Waals surface area contributed by atoms with Gasteiger partial charge in [-0.15, -0.1) is 13.2 Å². The zero-order chi connectivity index (χ0) is 24.7. The van der Waals surface area contributed by atoms with Crippen LogP contribution in [0.2, 0.25) is 0 Å². The molecule has 10 nitrogen and oxygen atoms in total. The molecule has 2 aliphatic heterocycles. The van der Waals surface area contributed by atoms with E-state index in [1.54, 1.807) is 0 Å².